The molecule has 0 unspecified atom stereocenters. The third-order valence-corrected chi connectivity index (χ3v) is 5.64. The number of rotatable bonds is 18. The van der Waals surface area contributed by atoms with Crippen LogP contribution in [0, 0.1) is 0 Å². The maximum absolute atomic E-state index is 11.6. The highest BCUT2D eigenvalue weighted by Gasteiger charge is 2.10. The van der Waals surface area contributed by atoms with E-state index in [1.54, 1.807) is 23.5 Å². The standard InChI is InChI=1S/C19H35NO5S2/c1-4-17(21)8-13-26-15-11-20(10-7-18(22)24-5-2)12-16-27-14-9-19(23)25-6-3/h4-16H2,1-3H3. The lowest BCUT2D eigenvalue weighted by Gasteiger charge is -2.21. The Bertz CT molecular complexity index is 421. The number of hydrogen-bond acceptors (Lipinski definition) is 8. The highest BCUT2D eigenvalue weighted by Crippen LogP contribution is 2.08. The first-order valence-corrected chi connectivity index (χ1v) is 12.0. The molecule has 0 aromatic carbocycles. The van der Waals surface area contributed by atoms with Crippen LogP contribution < -0.4 is 0 Å². The van der Waals surface area contributed by atoms with Crippen molar-refractivity contribution in [2.24, 2.45) is 0 Å². The van der Waals surface area contributed by atoms with Gasteiger partial charge in [0, 0.05) is 55.5 Å². The summed E-state index contributed by atoms with van der Waals surface area (Å²) in [7, 11) is 0. The van der Waals surface area contributed by atoms with Gasteiger partial charge in [0.05, 0.1) is 26.1 Å². The van der Waals surface area contributed by atoms with Crippen LogP contribution in [0.4, 0.5) is 0 Å². The number of thioether (sulfide) groups is 2. The zero-order valence-corrected chi connectivity index (χ0v) is 18.6. The van der Waals surface area contributed by atoms with Crippen molar-refractivity contribution >= 4 is 41.2 Å². The van der Waals surface area contributed by atoms with Gasteiger partial charge in [0.15, 0.2) is 0 Å². The van der Waals surface area contributed by atoms with Gasteiger partial charge in [-0.15, -0.1) is 0 Å². The minimum absolute atomic E-state index is 0.151. The molecule has 0 aromatic heterocycles. The molecule has 0 aliphatic rings. The molecule has 0 saturated carbocycles. The van der Waals surface area contributed by atoms with Crippen LogP contribution in [-0.4, -0.2) is 78.5 Å². The Balaban J connectivity index is 4.06. The Morgan fingerprint density at radius 3 is 1.74 bits per heavy atom. The summed E-state index contributed by atoms with van der Waals surface area (Å²) < 4.78 is 9.92. The second kappa shape index (κ2) is 18.6. The van der Waals surface area contributed by atoms with E-state index in [9.17, 15) is 14.4 Å². The van der Waals surface area contributed by atoms with Gasteiger partial charge in [0.2, 0.25) is 0 Å². The lowest BCUT2D eigenvalue weighted by atomic mass is 10.2. The van der Waals surface area contributed by atoms with Gasteiger partial charge in [-0.25, -0.2) is 0 Å². The van der Waals surface area contributed by atoms with Crippen LogP contribution >= 0.6 is 23.5 Å². The third kappa shape index (κ3) is 17.1. The van der Waals surface area contributed by atoms with E-state index in [1.807, 2.05) is 20.8 Å². The second-order valence-electron chi connectivity index (χ2n) is 5.82. The quantitative estimate of drug-likeness (QED) is 0.247. The molecule has 0 N–H and O–H groups in total. The van der Waals surface area contributed by atoms with Crippen LogP contribution in [0.5, 0.6) is 0 Å². The van der Waals surface area contributed by atoms with Crippen LogP contribution in [0.15, 0.2) is 0 Å². The van der Waals surface area contributed by atoms with Gasteiger partial charge >= 0.3 is 11.9 Å². The molecular weight excluding hydrogens is 386 g/mol. The Labute approximate surface area is 172 Å². The lowest BCUT2D eigenvalue weighted by molar-refractivity contribution is -0.144. The average Bonchev–Trinajstić information content (AvgIpc) is 2.65. The van der Waals surface area contributed by atoms with Crippen molar-refractivity contribution in [1.29, 1.82) is 0 Å². The van der Waals surface area contributed by atoms with Crippen molar-refractivity contribution in [2.45, 2.75) is 46.5 Å². The molecule has 0 heterocycles. The molecule has 27 heavy (non-hydrogen) atoms. The zero-order valence-electron chi connectivity index (χ0n) is 17.0. The van der Waals surface area contributed by atoms with Gasteiger partial charge in [0.1, 0.15) is 5.78 Å². The van der Waals surface area contributed by atoms with Gasteiger partial charge in [0.25, 0.3) is 0 Å². The maximum Gasteiger partial charge on any atom is 0.307 e. The average molecular weight is 422 g/mol. The van der Waals surface area contributed by atoms with Crippen molar-refractivity contribution in [3.63, 3.8) is 0 Å². The Hall–Kier alpha value is -0.730. The van der Waals surface area contributed by atoms with Crippen LogP contribution in [-0.2, 0) is 23.9 Å². The topological polar surface area (TPSA) is 72.9 Å². The molecule has 0 atom stereocenters. The molecule has 0 rings (SSSR count). The van der Waals surface area contributed by atoms with Crippen molar-refractivity contribution in [3.05, 3.63) is 0 Å². The molecule has 0 fully saturated rings. The van der Waals surface area contributed by atoms with Gasteiger partial charge in [-0.1, -0.05) is 6.92 Å². The number of ether oxygens (including phenoxy) is 2. The smallest absolute Gasteiger partial charge is 0.307 e. The van der Waals surface area contributed by atoms with Gasteiger partial charge in [-0.2, -0.15) is 23.5 Å². The summed E-state index contributed by atoms with van der Waals surface area (Å²) in [6.45, 7) is 8.75. The highest BCUT2D eigenvalue weighted by atomic mass is 32.2. The van der Waals surface area contributed by atoms with E-state index in [-0.39, 0.29) is 11.9 Å². The number of Topliss-reactive ketones (excluding diaryl/α,β-unsaturated/α-hetero) is 1. The van der Waals surface area contributed by atoms with Crippen LogP contribution in [0.2, 0.25) is 0 Å². The van der Waals surface area contributed by atoms with E-state index >= 15 is 0 Å². The predicted octanol–water partition coefficient (Wildman–Crippen LogP) is 3.03. The number of carbonyl (C=O) groups is 3. The van der Waals surface area contributed by atoms with Crippen LogP contribution in [0.1, 0.15) is 46.5 Å². The first-order valence-electron chi connectivity index (χ1n) is 9.74. The van der Waals surface area contributed by atoms with E-state index in [2.05, 4.69) is 4.90 Å². The van der Waals surface area contributed by atoms with E-state index < -0.39 is 0 Å². The molecule has 0 spiro atoms. The van der Waals surface area contributed by atoms with Crippen molar-refractivity contribution < 1.29 is 23.9 Å². The monoisotopic (exact) mass is 421 g/mol. The number of carbonyl (C=O) groups excluding carboxylic acids is 3. The van der Waals surface area contributed by atoms with Crippen LogP contribution in [0.25, 0.3) is 0 Å². The summed E-state index contributed by atoms with van der Waals surface area (Å²) in [4.78, 5) is 36.5. The minimum Gasteiger partial charge on any atom is -0.466 e. The zero-order chi connectivity index (χ0) is 20.3. The third-order valence-electron chi connectivity index (χ3n) is 3.72. The predicted molar refractivity (Wildman–Crippen MR) is 114 cm³/mol. The van der Waals surface area contributed by atoms with Gasteiger partial charge < -0.3 is 14.4 Å². The Kier molecular flexibility index (Phi) is 18.1. The van der Waals surface area contributed by atoms with Crippen molar-refractivity contribution in [2.75, 3.05) is 55.9 Å². The summed E-state index contributed by atoms with van der Waals surface area (Å²) in [5, 5.41) is 0. The first-order chi connectivity index (χ1) is 13.0. The molecule has 0 radical (unpaired) electrons. The fourth-order valence-electron chi connectivity index (χ4n) is 2.16. The normalized spacial score (nSPS) is 10.8. The minimum atomic E-state index is -0.168. The van der Waals surface area contributed by atoms with E-state index in [0.717, 1.165) is 36.1 Å². The van der Waals surface area contributed by atoms with Gasteiger partial charge in [-0.05, 0) is 13.8 Å². The fraction of sp³-hybridized carbons (Fsp3) is 0.842. The maximum atomic E-state index is 11.6. The lowest BCUT2D eigenvalue weighted by Crippen LogP contribution is -2.31. The molecule has 0 aliphatic heterocycles. The summed E-state index contributed by atoms with van der Waals surface area (Å²) in [5.41, 5.74) is 0. The van der Waals surface area contributed by atoms with Gasteiger partial charge in [-0.3, -0.25) is 14.4 Å². The molecule has 8 heteroatoms. The number of hydrogen-bond donors (Lipinski definition) is 0. The molecule has 0 amide bonds. The molecular formula is C19H35NO5S2. The van der Waals surface area contributed by atoms with Crippen molar-refractivity contribution in [1.82, 2.24) is 4.90 Å². The summed E-state index contributed by atoms with van der Waals surface area (Å²) in [5.74, 6) is 3.43. The van der Waals surface area contributed by atoms with E-state index in [1.165, 1.54) is 0 Å². The van der Waals surface area contributed by atoms with E-state index in [0.29, 0.717) is 51.2 Å². The molecule has 0 saturated heterocycles. The number of ketones is 1. The van der Waals surface area contributed by atoms with Crippen LogP contribution in [0.3, 0.4) is 0 Å². The van der Waals surface area contributed by atoms with E-state index in [4.69, 9.17) is 9.47 Å². The molecule has 0 aliphatic carbocycles. The summed E-state index contributed by atoms with van der Waals surface area (Å²) >= 11 is 3.50. The highest BCUT2D eigenvalue weighted by molar-refractivity contribution is 7.99. The SMILES string of the molecule is CCOC(=O)CCSCCN(CCSCCC(=O)CC)CCC(=O)OCC. The summed E-state index contributed by atoms with van der Waals surface area (Å²) in [6.07, 6.45) is 2.06. The summed E-state index contributed by atoms with van der Waals surface area (Å²) in [6, 6.07) is 0. The molecule has 0 bridgehead atoms. The number of nitrogens with zero attached hydrogens (tertiary/aromatic N) is 1. The van der Waals surface area contributed by atoms with Crippen molar-refractivity contribution in [3.8, 4) is 0 Å². The number of esters is 2. The first kappa shape index (κ1) is 26.3. The molecule has 0 aromatic rings. The fourth-order valence-corrected chi connectivity index (χ4v) is 4.03. The Morgan fingerprint density at radius 2 is 1.22 bits per heavy atom. The Morgan fingerprint density at radius 1 is 0.704 bits per heavy atom. The molecule has 158 valence electrons. The largest absolute Gasteiger partial charge is 0.466 e. The second-order valence-corrected chi connectivity index (χ2v) is 8.27. The molecule has 6 nitrogen and oxygen atoms in total.